The number of hydrogen-bond acceptors (Lipinski definition) is 4. The van der Waals surface area contributed by atoms with Crippen molar-refractivity contribution in [2.75, 3.05) is 19.5 Å². The second-order valence-electron chi connectivity index (χ2n) is 5.51. The third-order valence-corrected chi connectivity index (χ3v) is 4.13. The summed E-state index contributed by atoms with van der Waals surface area (Å²) in [5.41, 5.74) is 2.90. The minimum atomic E-state index is -0.0514. The maximum Gasteiger partial charge on any atom is 0.126 e. The summed E-state index contributed by atoms with van der Waals surface area (Å²) >= 11 is 0. The van der Waals surface area contributed by atoms with Crippen LogP contribution in [-0.2, 0) is 13.2 Å². The smallest absolute Gasteiger partial charge is 0.126 e. The molecule has 0 aliphatic rings. The van der Waals surface area contributed by atoms with E-state index in [9.17, 15) is 5.11 Å². The summed E-state index contributed by atoms with van der Waals surface area (Å²) in [4.78, 5) is 0. The average molecular weight is 323 g/mol. The molecule has 0 amide bonds. The fourth-order valence-corrected chi connectivity index (χ4v) is 2.88. The largest absolute Gasteiger partial charge is 0.496 e. The zero-order chi connectivity index (χ0) is 16.9. The van der Waals surface area contributed by atoms with Gasteiger partial charge in [-0.1, -0.05) is 30.3 Å². The zero-order valence-corrected chi connectivity index (χ0v) is 13.9. The minimum absolute atomic E-state index is 0.0514. The molecule has 0 fully saturated rings. The van der Waals surface area contributed by atoms with Crippen molar-refractivity contribution in [1.29, 1.82) is 0 Å². The second kappa shape index (κ2) is 7.23. The quantitative estimate of drug-likeness (QED) is 0.721. The summed E-state index contributed by atoms with van der Waals surface area (Å²) in [6.07, 6.45) is 0. The highest BCUT2D eigenvalue weighted by Crippen LogP contribution is 2.29. The third-order valence-electron chi connectivity index (χ3n) is 4.13. The number of methoxy groups -OCH3 is 2. The lowest BCUT2D eigenvalue weighted by molar-refractivity contribution is 0.274. The molecular weight excluding hydrogens is 302 g/mol. The summed E-state index contributed by atoms with van der Waals surface area (Å²) in [7, 11) is 3.29. The molecule has 3 aromatic carbocycles. The Hall–Kier alpha value is -2.72. The maximum absolute atomic E-state index is 9.44. The molecule has 0 bridgehead atoms. The van der Waals surface area contributed by atoms with Gasteiger partial charge < -0.3 is 19.9 Å². The molecule has 4 heteroatoms. The van der Waals surface area contributed by atoms with Crippen LogP contribution in [0.25, 0.3) is 10.8 Å². The number of ether oxygens (including phenoxy) is 2. The van der Waals surface area contributed by atoms with E-state index in [1.807, 2.05) is 36.4 Å². The number of aliphatic hydroxyl groups is 1. The highest BCUT2D eigenvalue weighted by molar-refractivity contribution is 5.91. The van der Waals surface area contributed by atoms with Crippen LogP contribution in [0, 0.1) is 0 Å². The molecule has 2 N–H and O–H groups in total. The minimum Gasteiger partial charge on any atom is -0.496 e. The van der Waals surface area contributed by atoms with Crippen molar-refractivity contribution in [3.05, 3.63) is 65.7 Å². The molecule has 0 heterocycles. The van der Waals surface area contributed by atoms with Gasteiger partial charge in [0.25, 0.3) is 0 Å². The Kier molecular flexibility index (Phi) is 4.87. The number of benzene rings is 3. The van der Waals surface area contributed by atoms with Crippen molar-refractivity contribution in [3.63, 3.8) is 0 Å². The molecule has 4 nitrogen and oxygen atoms in total. The molecule has 0 radical (unpaired) electrons. The lowest BCUT2D eigenvalue weighted by atomic mass is 10.0. The Morgan fingerprint density at radius 1 is 0.833 bits per heavy atom. The number of fused-ring (bicyclic) bond motifs is 1. The van der Waals surface area contributed by atoms with Gasteiger partial charge in [-0.15, -0.1) is 0 Å². The standard InChI is InChI=1S/C20H21NO3/c1-23-19-10-8-16(11-15(19)13-22)21-12-14-7-9-20(24-2)18-6-4-3-5-17(14)18/h3-11,21-22H,12-13H2,1-2H3. The van der Waals surface area contributed by atoms with Crippen LogP contribution in [0.15, 0.2) is 54.6 Å². The predicted molar refractivity (Wildman–Crippen MR) is 96.7 cm³/mol. The Morgan fingerprint density at radius 2 is 1.54 bits per heavy atom. The Bertz CT molecular complexity index is 845. The molecule has 24 heavy (non-hydrogen) atoms. The van der Waals surface area contributed by atoms with Crippen LogP contribution in [0.4, 0.5) is 5.69 Å². The number of aliphatic hydroxyl groups excluding tert-OH is 1. The highest BCUT2D eigenvalue weighted by atomic mass is 16.5. The SMILES string of the molecule is COc1ccc(NCc2ccc(OC)c3ccccc23)cc1CO. The molecule has 0 aromatic heterocycles. The van der Waals surface area contributed by atoms with Gasteiger partial charge in [-0.3, -0.25) is 0 Å². The van der Waals surface area contributed by atoms with Crippen LogP contribution >= 0.6 is 0 Å². The topological polar surface area (TPSA) is 50.7 Å². The lowest BCUT2D eigenvalue weighted by Gasteiger charge is -2.13. The second-order valence-corrected chi connectivity index (χ2v) is 5.51. The van der Waals surface area contributed by atoms with Gasteiger partial charge in [-0.25, -0.2) is 0 Å². The zero-order valence-electron chi connectivity index (χ0n) is 13.9. The first-order valence-corrected chi connectivity index (χ1v) is 7.83. The molecular formula is C20H21NO3. The Labute approximate surface area is 141 Å². The van der Waals surface area contributed by atoms with Crippen molar-refractivity contribution in [2.45, 2.75) is 13.2 Å². The first-order chi connectivity index (χ1) is 11.8. The normalized spacial score (nSPS) is 10.6. The first-order valence-electron chi connectivity index (χ1n) is 7.83. The van der Waals surface area contributed by atoms with Gasteiger partial charge in [-0.05, 0) is 35.2 Å². The van der Waals surface area contributed by atoms with E-state index < -0.39 is 0 Å². The molecule has 0 saturated carbocycles. The van der Waals surface area contributed by atoms with E-state index in [1.165, 1.54) is 10.9 Å². The fourth-order valence-electron chi connectivity index (χ4n) is 2.88. The highest BCUT2D eigenvalue weighted by Gasteiger charge is 2.07. The van der Waals surface area contributed by atoms with Gasteiger partial charge >= 0.3 is 0 Å². The van der Waals surface area contributed by atoms with Crippen LogP contribution in [0.5, 0.6) is 11.5 Å². The van der Waals surface area contributed by atoms with E-state index in [4.69, 9.17) is 9.47 Å². The molecule has 3 rings (SSSR count). The molecule has 0 saturated heterocycles. The van der Waals surface area contributed by atoms with Gasteiger partial charge in [0.05, 0.1) is 20.8 Å². The number of nitrogens with one attached hydrogen (secondary N) is 1. The number of anilines is 1. The summed E-state index contributed by atoms with van der Waals surface area (Å²) < 4.78 is 10.7. The fraction of sp³-hybridized carbons (Fsp3) is 0.200. The maximum atomic E-state index is 9.44. The van der Waals surface area contributed by atoms with E-state index in [0.29, 0.717) is 12.3 Å². The van der Waals surface area contributed by atoms with E-state index >= 15 is 0 Å². The van der Waals surface area contributed by atoms with E-state index in [-0.39, 0.29) is 6.61 Å². The molecule has 0 unspecified atom stereocenters. The molecule has 124 valence electrons. The summed E-state index contributed by atoms with van der Waals surface area (Å²) in [6.45, 7) is 0.631. The van der Waals surface area contributed by atoms with Gasteiger partial charge in [0.2, 0.25) is 0 Å². The van der Waals surface area contributed by atoms with Crippen molar-refractivity contribution < 1.29 is 14.6 Å². The van der Waals surface area contributed by atoms with Gasteiger partial charge in [0.15, 0.2) is 0 Å². The van der Waals surface area contributed by atoms with Gasteiger partial charge in [0.1, 0.15) is 11.5 Å². The van der Waals surface area contributed by atoms with Crippen molar-refractivity contribution in [2.24, 2.45) is 0 Å². The van der Waals surface area contributed by atoms with Crippen LogP contribution in [-0.4, -0.2) is 19.3 Å². The van der Waals surface area contributed by atoms with E-state index in [0.717, 1.165) is 22.4 Å². The molecule has 0 aliphatic carbocycles. The molecule has 0 aliphatic heterocycles. The van der Waals surface area contributed by atoms with E-state index in [2.05, 4.69) is 23.5 Å². The first kappa shape index (κ1) is 16.1. The summed E-state index contributed by atoms with van der Waals surface area (Å²) in [6, 6.07) is 18.0. The van der Waals surface area contributed by atoms with Crippen molar-refractivity contribution >= 4 is 16.5 Å². The summed E-state index contributed by atoms with van der Waals surface area (Å²) in [5.74, 6) is 1.57. The Balaban J connectivity index is 1.86. The van der Waals surface area contributed by atoms with Crippen LogP contribution in [0.1, 0.15) is 11.1 Å². The monoisotopic (exact) mass is 323 g/mol. The van der Waals surface area contributed by atoms with Gasteiger partial charge in [-0.2, -0.15) is 0 Å². The lowest BCUT2D eigenvalue weighted by Crippen LogP contribution is -2.02. The number of rotatable bonds is 6. The van der Waals surface area contributed by atoms with Crippen LogP contribution in [0.2, 0.25) is 0 Å². The van der Waals surface area contributed by atoms with Crippen molar-refractivity contribution in [3.8, 4) is 11.5 Å². The molecule has 0 spiro atoms. The average Bonchev–Trinajstić information content (AvgIpc) is 2.65. The van der Waals surface area contributed by atoms with Gasteiger partial charge in [0, 0.05) is 23.2 Å². The van der Waals surface area contributed by atoms with Crippen LogP contribution in [0.3, 0.4) is 0 Å². The van der Waals surface area contributed by atoms with E-state index in [1.54, 1.807) is 14.2 Å². The van der Waals surface area contributed by atoms with Crippen molar-refractivity contribution in [1.82, 2.24) is 0 Å². The summed E-state index contributed by atoms with van der Waals surface area (Å²) in [5, 5.41) is 15.1. The molecule has 0 atom stereocenters. The third kappa shape index (κ3) is 3.14. The predicted octanol–water partition coefficient (Wildman–Crippen LogP) is 3.96. The molecule has 3 aromatic rings. The Morgan fingerprint density at radius 3 is 2.25 bits per heavy atom. The van der Waals surface area contributed by atoms with Crippen LogP contribution < -0.4 is 14.8 Å². The number of hydrogen-bond donors (Lipinski definition) is 2.